The van der Waals surface area contributed by atoms with Crippen molar-refractivity contribution in [2.75, 3.05) is 54.1 Å². The largest absolute Gasteiger partial charge is 0.492 e. The van der Waals surface area contributed by atoms with Gasteiger partial charge in [-0.1, -0.05) is 18.2 Å². The molecule has 0 spiro atoms. The van der Waals surface area contributed by atoms with Crippen LogP contribution in [0.2, 0.25) is 0 Å². The predicted molar refractivity (Wildman–Crippen MR) is 134 cm³/mol. The highest BCUT2D eigenvalue weighted by Crippen LogP contribution is 2.35. The van der Waals surface area contributed by atoms with Crippen molar-refractivity contribution in [1.29, 1.82) is 0 Å². The van der Waals surface area contributed by atoms with Crippen LogP contribution < -0.4 is 10.1 Å². The molecule has 1 saturated carbocycles. The smallest absolute Gasteiger partial charge is 0.225 e. The molecule has 1 aliphatic rings. The molecule has 2 N–H and O–H groups in total. The molecule has 1 aromatic carbocycles. The Labute approximate surface area is 204 Å². The first-order valence-electron chi connectivity index (χ1n) is 12.4. The van der Waals surface area contributed by atoms with E-state index in [4.69, 9.17) is 9.47 Å². The number of nitrogens with zero attached hydrogens (tertiary/aromatic N) is 3. The second kappa shape index (κ2) is 14.1. The Balaban J connectivity index is 1.56. The fourth-order valence-corrected chi connectivity index (χ4v) is 4.76. The van der Waals surface area contributed by atoms with Crippen LogP contribution in [-0.2, 0) is 16.1 Å². The van der Waals surface area contributed by atoms with Gasteiger partial charge in [0.05, 0.1) is 25.3 Å². The minimum absolute atomic E-state index is 0.147. The molecule has 2 aromatic rings. The summed E-state index contributed by atoms with van der Waals surface area (Å²) in [6.45, 7) is 4.39. The normalized spacial score (nSPS) is 18.2. The molecule has 0 bridgehead atoms. The molecule has 1 amide bonds. The Bertz CT molecular complexity index is 836. The maximum absolute atomic E-state index is 13.0. The molecule has 1 fully saturated rings. The summed E-state index contributed by atoms with van der Waals surface area (Å²) in [5, 5.41) is 10.9. The van der Waals surface area contributed by atoms with Gasteiger partial charge in [-0.05, 0) is 51.9 Å². The molecule has 0 atom stereocenters. The summed E-state index contributed by atoms with van der Waals surface area (Å²) in [5.41, 5.74) is 2.48. The van der Waals surface area contributed by atoms with Crippen molar-refractivity contribution in [3.05, 3.63) is 47.8 Å². The molecule has 34 heavy (non-hydrogen) atoms. The monoisotopic (exact) mass is 471 g/mol. The van der Waals surface area contributed by atoms with Crippen molar-refractivity contribution in [3.63, 3.8) is 0 Å². The van der Waals surface area contributed by atoms with E-state index < -0.39 is 0 Å². The minimum Gasteiger partial charge on any atom is -0.492 e. The highest BCUT2D eigenvalue weighted by atomic mass is 16.5. The molecule has 0 aliphatic heterocycles. The second-order valence-corrected chi connectivity index (χ2v) is 9.13. The summed E-state index contributed by atoms with van der Waals surface area (Å²) >= 11 is 0. The number of rotatable bonds is 14. The van der Waals surface area contributed by atoms with Crippen molar-refractivity contribution < 1.29 is 14.3 Å². The highest BCUT2D eigenvalue weighted by molar-refractivity contribution is 5.76. The van der Waals surface area contributed by atoms with Gasteiger partial charge < -0.3 is 24.6 Å². The molecule has 0 saturated heterocycles. The summed E-state index contributed by atoms with van der Waals surface area (Å²) in [4.78, 5) is 17.3. The lowest BCUT2D eigenvalue weighted by atomic mass is 9.82. The zero-order valence-electron chi connectivity index (χ0n) is 21.0. The molecule has 188 valence electrons. The number of aromatic nitrogens is 2. The van der Waals surface area contributed by atoms with Crippen LogP contribution in [0.1, 0.15) is 49.3 Å². The van der Waals surface area contributed by atoms with Gasteiger partial charge in [0, 0.05) is 50.5 Å². The standard InChI is InChI=1S/C26H41N5O3/c1-27-14-15-30(2)20-22-19-28-29-26(22)21-9-11-23(12-10-21)31(25(32)13-17-33-3)16-18-34-24-7-5-4-6-8-24/h4-8,19,21,23,27H,9-18,20H2,1-3H3,(H,28,29)/t21-,23-. The van der Waals surface area contributed by atoms with Crippen LogP contribution >= 0.6 is 0 Å². The topological polar surface area (TPSA) is 82.7 Å². The van der Waals surface area contributed by atoms with Gasteiger partial charge in [-0.3, -0.25) is 9.89 Å². The van der Waals surface area contributed by atoms with Gasteiger partial charge in [0.15, 0.2) is 0 Å². The number of carbonyl (C=O) groups is 1. The second-order valence-electron chi connectivity index (χ2n) is 9.13. The van der Waals surface area contributed by atoms with Crippen LogP contribution in [0.5, 0.6) is 5.75 Å². The van der Waals surface area contributed by atoms with Gasteiger partial charge >= 0.3 is 0 Å². The van der Waals surface area contributed by atoms with E-state index in [-0.39, 0.29) is 11.9 Å². The summed E-state index contributed by atoms with van der Waals surface area (Å²) in [5.74, 6) is 1.42. The zero-order valence-corrected chi connectivity index (χ0v) is 21.0. The number of likely N-dealkylation sites (N-methyl/N-ethyl adjacent to an activating group) is 2. The summed E-state index contributed by atoms with van der Waals surface area (Å²) in [7, 11) is 5.76. The van der Waals surface area contributed by atoms with Crippen LogP contribution in [0.15, 0.2) is 36.5 Å². The maximum Gasteiger partial charge on any atom is 0.225 e. The molecule has 1 aliphatic carbocycles. The average Bonchev–Trinajstić information content (AvgIpc) is 3.32. The average molecular weight is 472 g/mol. The number of para-hydroxylation sites is 1. The third-order valence-electron chi connectivity index (χ3n) is 6.65. The van der Waals surface area contributed by atoms with Crippen molar-refractivity contribution in [1.82, 2.24) is 25.3 Å². The van der Waals surface area contributed by atoms with Crippen molar-refractivity contribution in [2.24, 2.45) is 0 Å². The summed E-state index contributed by atoms with van der Waals surface area (Å²) in [6.07, 6.45) is 6.49. The van der Waals surface area contributed by atoms with Gasteiger partial charge in [-0.25, -0.2) is 0 Å². The van der Waals surface area contributed by atoms with Gasteiger partial charge in [0.1, 0.15) is 12.4 Å². The van der Waals surface area contributed by atoms with Crippen LogP contribution in [0.3, 0.4) is 0 Å². The highest BCUT2D eigenvalue weighted by Gasteiger charge is 2.31. The van der Waals surface area contributed by atoms with E-state index in [1.165, 1.54) is 11.3 Å². The molecule has 0 radical (unpaired) electrons. The number of hydrogen-bond acceptors (Lipinski definition) is 6. The molecule has 0 unspecified atom stereocenters. The van der Waals surface area contributed by atoms with E-state index in [0.29, 0.717) is 32.1 Å². The van der Waals surface area contributed by atoms with Crippen molar-refractivity contribution in [2.45, 2.75) is 50.6 Å². The first kappa shape index (κ1) is 26.2. The van der Waals surface area contributed by atoms with Crippen LogP contribution in [0.4, 0.5) is 0 Å². The summed E-state index contributed by atoms with van der Waals surface area (Å²) in [6, 6.07) is 10.0. The number of nitrogens with one attached hydrogen (secondary N) is 2. The zero-order chi connectivity index (χ0) is 24.2. The van der Waals surface area contributed by atoms with Crippen molar-refractivity contribution in [3.8, 4) is 5.75 Å². The quantitative estimate of drug-likeness (QED) is 0.441. The third-order valence-corrected chi connectivity index (χ3v) is 6.65. The Morgan fingerprint density at radius 2 is 1.91 bits per heavy atom. The van der Waals surface area contributed by atoms with Gasteiger partial charge in [-0.15, -0.1) is 0 Å². The van der Waals surface area contributed by atoms with E-state index in [2.05, 4.69) is 27.5 Å². The Hall–Kier alpha value is -2.42. The van der Waals surface area contributed by atoms with Gasteiger partial charge in [-0.2, -0.15) is 5.10 Å². The lowest BCUT2D eigenvalue weighted by molar-refractivity contribution is -0.135. The number of benzene rings is 1. The van der Waals surface area contributed by atoms with E-state index in [9.17, 15) is 4.79 Å². The van der Waals surface area contributed by atoms with E-state index in [1.807, 2.05) is 48.5 Å². The molecule has 3 rings (SSSR count). The van der Waals surface area contributed by atoms with Crippen LogP contribution in [-0.4, -0.2) is 86.0 Å². The number of amides is 1. The van der Waals surface area contributed by atoms with Crippen molar-refractivity contribution >= 4 is 5.91 Å². The first-order chi connectivity index (χ1) is 16.6. The maximum atomic E-state index is 13.0. The SMILES string of the molecule is CNCCN(C)Cc1c[nH]nc1[C@H]1CC[C@H](N(CCOc2ccccc2)C(=O)CCOC)CC1. The molecular weight excluding hydrogens is 430 g/mol. The third kappa shape index (κ3) is 7.82. The van der Waals surface area contributed by atoms with Crippen LogP contribution in [0.25, 0.3) is 0 Å². The fraction of sp³-hybridized carbons (Fsp3) is 0.615. The van der Waals surface area contributed by atoms with E-state index in [0.717, 1.165) is 51.1 Å². The Morgan fingerprint density at radius 3 is 2.62 bits per heavy atom. The first-order valence-corrected chi connectivity index (χ1v) is 12.4. The molecular formula is C26H41N5O3. The molecule has 1 heterocycles. The van der Waals surface area contributed by atoms with Crippen LogP contribution in [0, 0.1) is 0 Å². The Kier molecular flexibility index (Phi) is 10.9. The molecule has 1 aromatic heterocycles. The lowest BCUT2D eigenvalue weighted by Crippen LogP contribution is -2.44. The van der Waals surface area contributed by atoms with Gasteiger partial charge in [0.2, 0.25) is 5.91 Å². The predicted octanol–water partition coefficient (Wildman–Crippen LogP) is 3.03. The minimum atomic E-state index is 0.147. The molecule has 8 heteroatoms. The summed E-state index contributed by atoms with van der Waals surface area (Å²) < 4.78 is 11.1. The number of carbonyl (C=O) groups excluding carboxylic acids is 1. The number of ether oxygens (including phenoxy) is 2. The number of methoxy groups -OCH3 is 1. The molecule has 8 nitrogen and oxygen atoms in total. The fourth-order valence-electron chi connectivity index (χ4n) is 4.76. The Morgan fingerprint density at radius 1 is 1.15 bits per heavy atom. The van der Waals surface area contributed by atoms with Gasteiger partial charge in [0.25, 0.3) is 0 Å². The van der Waals surface area contributed by atoms with E-state index >= 15 is 0 Å². The number of aromatic amines is 1. The number of H-pyrrole nitrogens is 1. The number of hydrogen-bond donors (Lipinski definition) is 2. The van der Waals surface area contributed by atoms with E-state index in [1.54, 1.807) is 7.11 Å². The lowest BCUT2D eigenvalue weighted by Gasteiger charge is -2.37.